The number of halogens is 2. The van der Waals surface area contributed by atoms with Gasteiger partial charge < -0.3 is 9.47 Å². The molecule has 0 N–H and O–H groups in total. The van der Waals surface area contributed by atoms with Crippen LogP contribution in [0.1, 0.15) is 49.5 Å². The summed E-state index contributed by atoms with van der Waals surface area (Å²) >= 11 is 3.35. The van der Waals surface area contributed by atoms with E-state index in [9.17, 15) is 9.18 Å². The standard InChI is InChI=1S/C20H21BrFNO3/c1-4-25-20(24)19-11(2)7-13-8-18(23-10-16(13)19)26-12(3)15-9-14(21)5-6-17(15)22/h5-6,8-12,19H,4,7H2,1-3H3/t11?,12?,19-/m0/s1. The summed E-state index contributed by atoms with van der Waals surface area (Å²) in [5.74, 6) is -0.239. The second kappa shape index (κ2) is 7.74. The second-order valence-corrected chi connectivity index (χ2v) is 7.47. The Kier molecular flexibility index (Phi) is 5.61. The van der Waals surface area contributed by atoms with E-state index in [0.29, 0.717) is 18.1 Å². The predicted molar refractivity (Wildman–Crippen MR) is 99.6 cm³/mol. The summed E-state index contributed by atoms with van der Waals surface area (Å²) in [6.45, 7) is 5.98. The molecule has 1 aliphatic carbocycles. The van der Waals surface area contributed by atoms with Crippen LogP contribution in [0.2, 0.25) is 0 Å². The lowest BCUT2D eigenvalue weighted by Gasteiger charge is -2.17. The number of ether oxygens (including phenoxy) is 2. The SMILES string of the molecule is CCOC(=O)[C@@H]1c2cnc(OC(C)c3cc(Br)ccc3F)cc2CC1C. The average molecular weight is 422 g/mol. The Bertz CT molecular complexity index is 827. The summed E-state index contributed by atoms with van der Waals surface area (Å²) < 4.78 is 25.9. The number of hydrogen-bond acceptors (Lipinski definition) is 4. The molecule has 1 aliphatic rings. The first-order valence-corrected chi connectivity index (χ1v) is 9.47. The van der Waals surface area contributed by atoms with Gasteiger partial charge >= 0.3 is 5.97 Å². The Balaban J connectivity index is 1.81. The van der Waals surface area contributed by atoms with E-state index in [1.165, 1.54) is 6.07 Å². The van der Waals surface area contributed by atoms with Gasteiger partial charge in [0.15, 0.2) is 0 Å². The van der Waals surface area contributed by atoms with E-state index in [1.807, 2.05) is 13.0 Å². The lowest BCUT2D eigenvalue weighted by molar-refractivity contribution is -0.145. The van der Waals surface area contributed by atoms with Crippen LogP contribution in [-0.2, 0) is 16.0 Å². The Morgan fingerprint density at radius 1 is 1.42 bits per heavy atom. The molecule has 6 heteroatoms. The van der Waals surface area contributed by atoms with E-state index in [0.717, 1.165) is 22.0 Å². The largest absolute Gasteiger partial charge is 0.470 e. The molecule has 1 aromatic carbocycles. The maximum Gasteiger partial charge on any atom is 0.313 e. The van der Waals surface area contributed by atoms with Gasteiger partial charge in [-0.2, -0.15) is 0 Å². The third kappa shape index (κ3) is 3.75. The van der Waals surface area contributed by atoms with Crippen molar-refractivity contribution in [2.75, 3.05) is 6.61 Å². The highest BCUT2D eigenvalue weighted by atomic mass is 79.9. The van der Waals surface area contributed by atoms with Crippen molar-refractivity contribution in [1.82, 2.24) is 4.98 Å². The molecule has 3 rings (SSSR count). The first-order chi connectivity index (χ1) is 12.4. The molecule has 3 atom stereocenters. The van der Waals surface area contributed by atoms with Crippen LogP contribution >= 0.6 is 15.9 Å². The van der Waals surface area contributed by atoms with E-state index < -0.39 is 6.10 Å². The molecule has 2 unspecified atom stereocenters. The minimum absolute atomic E-state index is 0.154. The second-order valence-electron chi connectivity index (χ2n) is 6.56. The summed E-state index contributed by atoms with van der Waals surface area (Å²) in [7, 11) is 0. The molecule has 0 radical (unpaired) electrons. The zero-order valence-corrected chi connectivity index (χ0v) is 16.5. The van der Waals surface area contributed by atoms with Gasteiger partial charge in [-0.05, 0) is 55.5 Å². The molecule has 0 saturated carbocycles. The van der Waals surface area contributed by atoms with Crippen molar-refractivity contribution in [3.8, 4) is 5.88 Å². The molecule has 0 spiro atoms. The van der Waals surface area contributed by atoms with Crippen molar-refractivity contribution in [1.29, 1.82) is 0 Å². The minimum atomic E-state index is -0.488. The molecule has 0 saturated heterocycles. The number of pyridine rings is 1. The molecule has 2 aromatic rings. The number of nitrogens with zero attached hydrogens (tertiary/aromatic N) is 1. The van der Waals surface area contributed by atoms with Gasteiger partial charge in [0, 0.05) is 22.3 Å². The van der Waals surface area contributed by atoms with Crippen LogP contribution in [0.3, 0.4) is 0 Å². The highest BCUT2D eigenvalue weighted by molar-refractivity contribution is 9.10. The van der Waals surface area contributed by atoms with Gasteiger partial charge in [0.1, 0.15) is 11.9 Å². The molecule has 0 bridgehead atoms. The molecule has 138 valence electrons. The fourth-order valence-electron chi connectivity index (χ4n) is 3.44. The van der Waals surface area contributed by atoms with Gasteiger partial charge in [-0.25, -0.2) is 9.37 Å². The Hall–Kier alpha value is -1.95. The fourth-order valence-corrected chi connectivity index (χ4v) is 3.82. The molecule has 26 heavy (non-hydrogen) atoms. The van der Waals surface area contributed by atoms with Gasteiger partial charge in [0.05, 0.1) is 12.5 Å². The lowest BCUT2D eigenvalue weighted by Crippen LogP contribution is -2.19. The van der Waals surface area contributed by atoms with Crippen LogP contribution in [0.4, 0.5) is 4.39 Å². The Labute approximate surface area is 160 Å². The number of aromatic nitrogens is 1. The number of benzene rings is 1. The average Bonchev–Trinajstić information content (AvgIpc) is 2.92. The minimum Gasteiger partial charge on any atom is -0.470 e. The predicted octanol–water partition coefficient (Wildman–Crippen LogP) is 4.96. The smallest absolute Gasteiger partial charge is 0.313 e. The molecule has 1 heterocycles. The molecule has 1 aromatic heterocycles. The Morgan fingerprint density at radius 2 is 2.19 bits per heavy atom. The van der Waals surface area contributed by atoms with E-state index in [-0.39, 0.29) is 23.6 Å². The van der Waals surface area contributed by atoms with Crippen LogP contribution in [-0.4, -0.2) is 17.6 Å². The van der Waals surface area contributed by atoms with Crippen molar-refractivity contribution in [2.45, 2.75) is 39.2 Å². The van der Waals surface area contributed by atoms with Crippen LogP contribution in [0.25, 0.3) is 0 Å². The van der Waals surface area contributed by atoms with Crippen LogP contribution in [0.5, 0.6) is 5.88 Å². The summed E-state index contributed by atoms with van der Waals surface area (Å²) in [4.78, 5) is 16.5. The monoisotopic (exact) mass is 421 g/mol. The molecule has 0 amide bonds. The molecule has 4 nitrogen and oxygen atoms in total. The third-order valence-corrected chi connectivity index (χ3v) is 5.17. The topological polar surface area (TPSA) is 48.4 Å². The number of esters is 1. The first kappa shape index (κ1) is 18.8. The van der Waals surface area contributed by atoms with Gasteiger partial charge in [-0.1, -0.05) is 22.9 Å². The van der Waals surface area contributed by atoms with Gasteiger partial charge in [0.25, 0.3) is 0 Å². The maximum atomic E-state index is 14.0. The number of fused-ring (bicyclic) bond motifs is 1. The molecule has 0 fully saturated rings. The van der Waals surface area contributed by atoms with Crippen molar-refractivity contribution in [3.05, 3.63) is 57.4 Å². The third-order valence-electron chi connectivity index (χ3n) is 4.68. The molecule has 0 aliphatic heterocycles. The lowest BCUT2D eigenvalue weighted by atomic mass is 9.95. The van der Waals surface area contributed by atoms with Gasteiger partial charge in [0.2, 0.25) is 5.88 Å². The summed E-state index contributed by atoms with van der Waals surface area (Å²) in [5.41, 5.74) is 2.38. The van der Waals surface area contributed by atoms with Crippen molar-refractivity contribution in [2.24, 2.45) is 5.92 Å². The quantitative estimate of drug-likeness (QED) is 0.639. The van der Waals surface area contributed by atoms with Crippen LogP contribution < -0.4 is 4.74 Å². The first-order valence-electron chi connectivity index (χ1n) is 8.67. The summed E-state index contributed by atoms with van der Waals surface area (Å²) in [5, 5.41) is 0. The highest BCUT2D eigenvalue weighted by Gasteiger charge is 2.36. The van der Waals surface area contributed by atoms with E-state index in [4.69, 9.17) is 9.47 Å². The van der Waals surface area contributed by atoms with Crippen molar-refractivity contribution in [3.63, 3.8) is 0 Å². The molecular weight excluding hydrogens is 401 g/mol. The zero-order chi connectivity index (χ0) is 18.8. The fraction of sp³-hybridized carbons (Fsp3) is 0.400. The normalized spacial score (nSPS) is 19.7. The highest BCUT2D eigenvalue weighted by Crippen LogP contribution is 2.39. The van der Waals surface area contributed by atoms with E-state index >= 15 is 0 Å². The van der Waals surface area contributed by atoms with Gasteiger partial charge in [-0.3, -0.25) is 4.79 Å². The van der Waals surface area contributed by atoms with Crippen molar-refractivity contribution >= 4 is 21.9 Å². The number of carbonyl (C=O) groups excluding carboxylic acids is 1. The Morgan fingerprint density at radius 3 is 2.92 bits per heavy atom. The molecular formula is C20H21BrFNO3. The summed E-state index contributed by atoms with van der Waals surface area (Å²) in [6, 6.07) is 6.60. The van der Waals surface area contributed by atoms with Gasteiger partial charge in [-0.15, -0.1) is 0 Å². The summed E-state index contributed by atoms with van der Waals surface area (Å²) in [6.07, 6.45) is 1.95. The van der Waals surface area contributed by atoms with Crippen LogP contribution in [0, 0.1) is 11.7 Å². The van der Waals surface area contributed by atoms with Crippen LogP contribution in [0.15, 0.2) is 34.9 Å². The number of rotatable bonds is 5. The maximum absolute atomic E-state index is 14.0. The zero-order valence-electron chi connectivity index (χ0n) is 15.0. The van der Waals surface area contributed by atoms with Crippen molar-refractivity contribution < 1.29 is 18.7 Å². The van der Waals surface area contributed by atoms with E-state index in [1.54, 1.807) is 32.2 Å². The number of hydrogen-bond donors (Lipinski definition) is 0. The van der Waals surface area contributed by atoms with E-state index in [2.05, 4.69) is 20.9 Å². The number of carbonyl (C=O) groups is 1.